The zero-order chi connectivity index (χ0) is 24.6. The van der Waals surface area contributed by atoms with Crippen LogP contribution in [0.3, 0.4) is 0 Å². The van der Waals surface area contributed by atoms with E-state index in [0.717, 1.165) is 16.7 Å². The van der Waals surface area contributed by atoms with Crippen molar-refractivity contribution in [2.75, 3.05) is 0 Å². The van der Waals surface area contributed by atoms with E-state index in [1.165, 1.54) is 4.90 Å². The average Bonchev–Trinajstić information content (AvgIpc) is 3.12. The average molecular weight is 462 g/mol. The SMILES string of the molecule is CC(C)(C)c1ccc(C(=O)C(=O)NCc2ccc3c(c2)CN(C2CCC(=O)NC2=O)C3=O)cc1. The molecule has 2 N–H and O–H groups in total. The number of hydrogen-bond acceptors (Lipinski definition) is 5. The Bertz CT molecular complexity index is 1190. The lowest BCUT2D eigenvalue weighted by molar-refractivity contribution is -0.137. The first-order chi connectivity index (χ1) is 16.0. The molecule has 1 atom stereocenters. The van der Waals surface area contributed by atoms with Crippen LogP contribution in [0.5, 0.6) is 0 Å². The molecule has 8 heteroatoms. The summed E-state index contributed by atoms with van der Waals surface area (Å²) in [5, 5.41) is 4.92. The number of carbonyl (C=O) groups is 5. The van der Waals surface area contributed by atoms with E-state index in [2.05, 4.69) is 31.4 Å². The first-order valence-electron chi connectivity index (χ1n) is 11.2. The summed E-state index contributed by atoms with van der Waals surface area (Å²) in [5.74, 6) is -2.36. The Morgan fingerprint density at radius 1 is 1.06 bits per heavy atom. The lowest BCUT2D eigenvalue weighted by Crippen LogP contribution is -2.52. The number of ketones is 1. The van der Waals surface area contributed by atoms with Crippen LogP contribution in [0.2, 0.25) is 0 Å². The van der Waals surface area contributed by atoms with Crippen LogP contribution in [0.1, 0.15) is 71.0 Å². The van der Waals surface area contributed by atoms with E-state index in [1.54, 1.807) is 30.3 Å². The standard InChI is InChI=1S/C26H27N3O5/c1-26(2,3)18-7-5-16(6-8-18)22(31)24(33)27-13-15-4-9-19-17(12-15)14-29(25(19)34)20-10-11-21(30)28-23(20)32/h4-9,12,20H,10-11,13-14H2,1-3H3,(H,27,33)(H,28,30,32). The highest BCUT2D eigenvalue weighted by atomic mass is 16.2. The highest BCUT2D eigenvalue weighted by Crippen LogP contribution is 2.28. The maximum absolute atomic E-state index is 12.8. The molecule has 1 fully saturated rings. The van der Waals surface area contributed by atoms with Crippen LogP contribution in [0.25, 0.3) is 0 Å². The Kier molecular flexibility index (Phi) is 6.08. The first-order valence-corrected chi connectivity index (χ1v) is 11.2. The van der Waals surface area contributed by atoms with E-state index in [0.29, 0.717) is 17.5 Å². The number of Topliss-reactive ketones (excluding diaryl/α,β-unsaturated/α-hetero) is 1. The van der Waals surface area contributed by atoms with Gasteiger partial charge >= 0.3 is 0 Å². The lowest BCUT2D eigenvalue weighted by Gasteiger charge is -2.29. The Hall–Kier alpha value is -3.81. The third-order valence-corrected chi connectivity index (χ3v) is 6.26. The number of rotatable bonds is 5. The smallest absolute Gasteiger partial charge is 0.292 e. The Morgan fingerprint density at radius 3 is 2.41 bits per heavy atom. The zero-order valence-electron chi connectivity index (χ0n) is 19.4. The first kappa shape index (κ1) is 23.4. The lowest BCUT2D eigenvalue weighted by atomic mass is 9.86. The van der Waals surface area contributed by atoms with Crippen molar-refractivity contribution in [1.29, 1.82) is 0 Å². The maximum atomic E-state index is 12.8. The van der Waals surface area contributed by atoms with E-state index in [9.17, 15) is 24.0 Å². The molecule has 0 aromatic heterocycles. The van der Waals surface area contributed by atoms with Gasteiger partial charge in [-0.25, -0.2) is 0 Å². The molecule has 0 aliphatic carbocycles. The van der Waals surface area contributed by atoms with E-state index in [1.807, 2.05) is 12.1 Å². The molecule has 4 amide bonds. The molecular weight excluding hydrogens is 434 g/mol. The summed E-state index contributed by atoms with van der Waals surface area (Å²) < 4.78 is 0. The van der Waals surface area contributed by atoms with Gasteiger partial charge in [0, 0.05) is 30.6 Å². The van der Waals surface area contributed by atoms with E-state index in [4.69, 9.17) is 0 Å². The number of piperidine rings is 1. The van der Waals surface area contributed by atoms with Crippen LogP contribution < -0.4 is 10.6 Å². The van der Waals surface area contributed by atoms with Crippen molar-refractivity contribution >= 4 is 29.4 Å². The maximum Gasteiger partial charge on any atom is 0.292 e. The summed E-state index contributed by atoms with van der Waals surface area (Å²) in [6.45, 7) is 6.60. The minimum Gasteiger partial charge on any atom is -0.345 e. The zero-order valence-corrected chi connectivity index (χ0v) is 19.4. The Labute approximate surface area is 197 Å². The Balaban J connectivity index is 1.39. The van der Waals surface area contributed by atoms with Gasteiger partial charge in [-0.05, 0) is 34.6 Å². The number of imide groups is 1. The molecular formula is C26H27N3O5. The molecule has 1 unspecified atom stereocenters. The van der Waals surface area contributed by atoms with Gasteiger partial charge in [0.15, 0.2) is 0 Å². The number of carbonyl (C=O) groups excluding carboxylic acids is 5. The molecule has 2 heterocycles. The highest BCUT2D eigenvalue weighted by Gasteiger charge is 2.39. The summed E-state index contributed by atoms with van der Waals surface area (Å²) in [4.78, 5) is 62.7. The minimum absolute atomic E-state index is 0.0490. The van der Waals surface area contributed by atoms with Crippen molar-refractivity contribution in [2.24, 2.45) is 0 Å². The van der Waals surface area contributed by atoms with Crippen molar-refractivity contribution in [3.05, 3.63) is 70.3 Å². The molecule has 176 valence electrons. The molecule has 8 nitrogen and oxygen atoms in total. The predicted octanol–water partition coefficient (Wildman–Crippen LogP) is 2.24. The molecule has 2 aromatic rings. The number of benzene rings is 2. The predicted molar refractivity (Wildman–Crippen MR) is 124 cm³/mol. The molecule has 0 spiro atoms. The summed E-state index contributed by atoms with van der Waals surface area (Å²) in [7, 11) is 0. The summed E-state index contributed by atoms with van der Waals surface area (Å²) in [6, 6.07) is 11.5. The Morgan fingerprint density at radius 2 is 1.76 bits per heavy atom. The third-order valence-electron chi connectivity index (χ3n) is 6.26. The normalized spacial score (nSPS) is 17.9. The topological polar surface area (TPSA) is 113 Å². The van der Waals surface area contributed by atoms with Crippen molar-refractivity contribution in [3.63, 3.8) is 0 Å². The molecule has 2 aliphatic rings. The van der Waals surface area contributed by atoms with Gasteiger partial charge < -0.3 is 10.2 Å². The van der Waals surface area contributed by atoms with E-state index >= 15 is 0 Å². The molecule has 2 aromatic carbocycles. The highest BCUT2D eigenvalue weighted by molar-refractivity contribution is 6.42. The van der Waals surface area contributed by atoms with Crippen molar-refractivity contribution in [1.82, 2.24) is 15.5 Å². The van der Waals surface area contributed by atoms with E-state index in [-0.39, 0.29) is 36.7 Å². The van der Waals surface area contributed by atoms with Crippen molar-refractivity contribution < 1.29 is 24.0 Å². The van der Waals surface area contributed by atoms with Crippen LogP contribution >= 0.6 is 0 Å². The molecule has 0 bridgehead atoms. The number of fused-ring (bicyclic) bond motifs is 1. The van der Waals surface area contributed by atoms with Crippen LogP contribution in [0.15, 0.2) is 42.5 Å². The number of nitrogens with zero attached hydrogens (tertiary/aromatic N) is 1. The van der Waals surface area contributed by atoms with E-state index < -0.39 is 23.6 Å². The summed E-state index contributed by atoms with van der Waals surface area (Å²) >= 11 is 0. The van der Waals surface area contributed by atoms with Gasteiger partial charge in [-0.3, -0.25) is 29.3 Å². The number of hydrogen-bond donors (Lipinski definition) is 2. The molecule has 0 saturated carbocycles. The summed E-state index contributed by atoms with van der Waals surface area (Å²) in [6.07, 6.45) is 0.493. The molecule has 34 heavy (non-hydrogen) atoms. The van der Waals surface area contributed by atoms with Crippen LogP contribution in [0, 0.1) is 0 Å². The van der Waals surface area contributed by atoms with Crippen LogP contribution in [-0.2, 0) is 32.9 Å². The van der Waals surface area contributed by atoms with Gasteiger partial charge in [-0.1, -0.05) is 57.2 Å². The fourth-order valence-corrected chi connectivity index (χ4v) is 4.25. The van der Waals surface area contributed by atoms with Crippen molar-refractivity contribution in [3.8, 4) is 0 Å². The molecule has 4 rings (SSSR count). The van der Waals surface area contributed by atoms with Gasteiger partial charge in [-0.2, -0.15) is 0 Å². The fourth-order valence-electron chi connectivity index (χ4n) is 4.25. The minimum atomic E-state index is -0.703. The monoisotopic (exact) mass is 461 g/mol. The largest absolute Gasteiger partial charge is 0.345 e. The fraction of sp³-hybridized carbons (Fsp3) is 0.346. The van der Waals surface area contributed by atoms with Gasteiger partial charge in [0.1, 0.15) is 6.04 Å². The quantitative estimate of drug-likeness (QED) is 0.403. The van der Waals surface area contributed by atoms with Gasteiger partial charge in [0.2, 0.25) is 17.6 Å². The second-order valence-corrected chi connectivity index (χ2v) is 9.73. The number of amides is 4. The van der Waals surface area contributed by atoms with Gasteiger partial charge in [0.25, 0.3) is 11.8 Å². The van der Waals surface area contributed by atoms with Crippen LogP contribution in [0.4, 0.5) is 0 Å². The second kappa shape index (κ2) is 8.85. The summed E-state index contributed by atoms with van der Waals surface area (Å²) in [5.41, 5.74) is 3.32. The second-order valence-electron chi connectivity index (χ2n) is 9.73. The van der Waals surface area contributed by atoms with Crippen LogP contribution in [-0.4, -0.2) is 40.4 Å². The van der Waals surface area contributed by atoms with Gasteiger partial charge in [0.05, 0.1) is 0 Å². The van der Waals surface area contributed by atoms with Crippen molar-refractivity contribution in [2.45, 2.75) is 58.2 Å². The molecule has 1 saturated heterocycles. The number of nitrogens with one attached hydrogen (secondary N) is 2. The molecule has 2 aliphatic heterocycles. The third kappa shape index (κ3) is 4.62. The van der Waals surface area contributed by atoms with Gasteiger partial charge in [-0.15, -0.1) is 0 Å². The molecule has 0 radical (unpaired) electrons.